The van der Waals surface area contributed by atoms with E-state index >= 15 is 0 Å². The first-order valence-electron chi connectivity index (χ1n) is 4.82. The molecule has 1 aromatic carbocycles. The van der Waals surface area contributed by atoms with Crippen LogP contribution in [-0.4, -0.2) is 0 Å². The molecule has 1 atom stereocenters. The summed E-state index contributed by atoms with van der Waals surface area (Å²) in [7, 11) is 0. The summed E-state index contributed by atoms with van der Waals surface area (Å²) in [6.07, 6.45) is 0. The van der Waals surface area contributed by atoms with Gasteiger partial charge in [-0.25, -0.2) is 0 Å². The van der Waals surface area contributed by atoms with E-state index in [4.69, 9.17) is 0 Å². The maximum Gasteiger partial charge on any atom is 0.00195 e. The lowest BCUT2D eigenvalue weighted by Crippen LogP contribution is -1.96. The van der Waals surface area contributed by atoms with Gasteiger partial charge in [0.15, 0.2) is 0 Å². The Morgan fingerprint density at radius 3 is 2.00 bits per heavy atom. The molecule has 0 aliphatic heterocycles. The first-order chi connectivity index (χ1) is 6.13. The lowest BCUT2D eigenvalue weighted by molar-refractivity contribution is 0.874. The van der Waals surface area contributed by atoms with E-state index in [0.29, 0.717) is 5.92 Å². The molecule has 0 fully saturated rings. The average Bonchev–Trinajstić information content (AvgIpc) is 2.17. The van der Waals surface area contributed by atoms with Crippen LogP contribution in [0.5, 0.6) is 0 Å². The molecule has 0 amide bonds. The highest BCUT2D eigenvalue weighted by Gasteiger charge is 2.06. The molecule has 1 unspecified atom stereocenters. The van der Waals surface area contributed by atoms with Crippen LogP contribution in [0, 0.1) is 0 Å². The van der Waals surface area contributed by atoms with Gasteiger partial charge in [-0.05, 0) is 26.3 Å². The summed E-state index contributed by atoms with van der Waals surface area (Å²) in [4.78, 5) is 0. The number of hydrogen-bond donors (Lipinski definition) is 0. The largest absolute Gasteiger partial charge is 0.0769 e. The molecular formula is C13H18. The van der Waals surface area contributed by atoms with Gasteiger partial charge in [0.25, 0.3) is 0 Å². The minimum Gasteiger partial charge on any atom is -0.0769 e. The van der Waals surface area contributed by atoms with E-state index in [2.05, 4.69) is 58.0 Å². The standard InChI is InChI=1S/C13H18/c1-10(2)11(3)12(4)13-8-6-5-7-9-13/h5-9,12H,1-4H3. The predicted octanol–water partition coefficient (Wildman–Crippen LogP) is 4.15. The zero-order valence-corrected chi connectivity index (χ0v) is 8.96. The van der Waals surface area contributed by atoms with Crippen LogP contribution < -0.4 is 0 Å². The van der Waals surface area contributed by atoms with Crippen LogP contribution in [-0.2, 0) is 0 Å². The third-order valence-corrected chi connectivity index (χ3v) is 2.74. The Morgan fingerprint density at radius 1 is 1.00 bits per heavy atom. The summed E-state index contributed by atoms with van der Waals surface area (Å²) in [5.41, 5.74) is 4.31. The lowest BCUT2D eigenvalue weighted by atomic mass is 9.91. The first-order valence-corrected chi connectivity index (χ1v) is 4.82. The second kappa shape index (κ2) is 4.27. The topological polar surface area (TPSA) is 0 Å². The molecule has 0 radical (unpaired) electrons. The molecule has 0 saturated heterocycles. The van der Waals surface area contributed by atoms with Crippen LogP contribution in [0.15, 0.2) is 41.5 Å². The molecule has 0 heteroatoms. The molecule has 0 nitrogen and oxygen atoms in total. The van der Waals surface area contributed by atoms with E-state index in [1.54, 1.807) is 0 Å². The molecule has 13 heavy (non-hydrogen) atoms. The second-order valence-corrected chi connectivity index (χ2v) is 3.82. The fourth-order valence-corrected chi connectivity index (χ4v) is 1.42. The molecule has 1 rings (SSSR count). The number of benzene rings is 1. The van der Waals surface area contributed by atoms with E-state index in [1.807, 2.05) is 0 Å². The zero-order valence-electron chi connectivity index (χ0n) is 8.96. The van der Waals surface area contributed by atoms with Gasteiger partial charge in [0.1, 0.15) is 0 Å². The van der Waals surface area contributed by atoms with Crippen molar-refractivity contribution in [1.29, 1.82) is 0 Å². The molecule has 0 aliphatic rings. The minimum absolute atomic E-state index is 0.547. The smallest absolute Gasteiger partial charge is 0.00195 e. The monoisotopic (exact) mass is 174 g/mol. The van der Waals surface area contributed by atoms with Gasteiger partial charge in [-0.3, -0.25) is 0 Å². The van der Waals surface area contributed by atoms with Crippen molar-refractivity contribution in [2.75, 3.05) is 0 Å². The summed E-state index contributed by atoms with van der Waals surface area (Å²) in [5, 5.41) is 0. The Bertz CT molecular complexity index is 289. The van der Waals surface area contributed by atoms with Crippen LogP contribution in [0.2, 0.25) is 0 Å². The quantitative estimate of drug-likeness (QED) is 0.591. The Balaban J connectivity index is 2.93. The van der Waals surface area contributed by atoms with Crippen LogP contribution in [0.3, 0.4) is 0 Å². The van der Waals surface area contributed by atoms with Crippen molar-refractivity contribution in [3.05, 3.63) is 47.0 Å². The maximum atomic E-state index is 2.26. The van der Waals surface area contributed by atoms with Crippen molar-refractivity contribution in [3.63, 3.8) is 0 Å². The van der Waals surface area contributed by atoms with Crippen molar-refractivity contribution >= 4 is 0 Å². The van der Waals surface area contributed by atoms with Gasteiger partial charge in [0.05, 0.1) is 0 Å². The van der Waals surface area contributed by atoms with E-state index < -0.39 is 0 Å². The lowest BCUT2D eigenvalue weighted by Gasteiger charge is -2.14. The summed E-state index contributed by atoms with van der Waals surface area (Å²) in [6.45, 7) is 8.83. The average molecular weight is 174 g/mol. The van der Waals surface area contributed by atoms with Crippen LogP contribution in [0.1, 0.15) is 39.2 Å². The fourth-order valence-electron chi connectivity index (χ4n) is 1.42. The number of hydrogen-bond acceptors (Lipinski definition) is 0. The third kappa shape index (κ3) is 2.45. The summed E-state index contributed by atoms with van der Waals surface area (Å²) in [5.74, 6) is 0.547. The highest BCUT2D eigenvalue weighted by atomic mass is 14.1. The molecular weight excluding hydrogens is 156 g/mol. The van der Waals surface area contributed by atoms with Crippen molar-refractivity contribution < 1.29 is 0 Å². The molecule has 0 N–H and O–H groups in total. The van der Waals surface area contributed by atoms with Crippen molar-refractivity contribution in [3.8, 4) is 0 Å². The first kappa shape index (κ1) is 10.0. The van der Waals surface area contributed by atoms with Crippen LogP contribution in [0.4, 0.5) is 0 Å². The summed E-state index contributed by atoms with van der Waals surface area (Å²) in [6, 6.07) is 10.6. The number of allylic oxidation sites excluding steroid dienone is 2. The van der Waals surface area contributed by atoms with E-state index in [-0.39, 0.29) is 0 Å². The molecule has 0 bridgehead atoms. The third-order valence-electron chi connectivity index (χ3n) is 2.74. The molecule has 0 aromatic heterocycles. The van der Waals surface area contributed by atoms with Gasteiger partial charge in [-0.2, -0.15) is 0 Å². The SMILES string of the molecule is CC(C)=C(C)C(C)c1ccccc1. The predicted molar refractivity (Wildman–Crippen MR) is 58.9 cm³/mol. The minimum atomic E-state index is 0.547. The van der Waals surface area contributed by atoms with E-state index in [0.717, 1.165) is 0 Å². The molecule has 0 saturated carbocycles. The van der Waals surface area contributed by atoms with E-state index in [1.165, 1.54) is 16.7 Å². The molecule has 0 heterocycles. The van der Waals surface area contributed by atoms with Crippen LogP contribution in [0.25, 0.3) is 0 Å². The fraction of sp³-hybridized carbons (Fsp3) is 0.385. The van der Waals surface area contributed by atoms with Crippen molar-refractivity contribution in [2.45, 2.75) is 33.6 Å². The molecule has 70 valence electrons. The Labute approximate surface area is 81.3 Å². The van der Waals surface area contributed by atoms with Gasteiger partial charge in [-0.15, -0.1) is 0 Å². The number of rotatable bonds is 2. The maximum absolute atomic E-state index is 2.26. The van der Waals surface area contributed by atoms with Gasteiger partial charge < -0.3 is 0 Å². The summed E-state index contributed by atoms with van der Waals surface area (Å²) < 4.78 is 0. The molecule has 0 spiro atoms. The van der Waals surface area contributed by atoms with Crippen LogP contribution >= 0.6 is 0 Å². The molecule has 0 aliphatic carbocycles. The normalized spacial score (nSPS) is 12.3. The van der Waals surface area contributed by atoms with Gasteiger partial charge in [0.2, 0.25) is 0 Å². The van der Waals surface area contributed by atoms with Gasteiger partial charge in [0, 0.05) is 5.92 Å². The van der Waals surface area contributed by atoms with Crippen molar-refractivity contribution in [2.24, 2.45) is 0 Å². The van der Waals surface area contributed by atoms with E-state index in [9.17, 15) is 0 Å². The highest BCUT2D eigenvalue weighted by Crippen LogP contribution is 2.25. The zero-order chi connectivity index (χ0) is 9.84. The Kier molecular flexibility index (Phi) is 3.30. The van der Waals surface area contributed by atoms with Gasteiger partial charge >= 0.3 is 0 Å². The second-order valence-electron chi connectivity index (χ2n) is 3.82. The Hall–Kier alpha value is -1.04. The van der Waals surface area contributed by atoms with Crippen molar-refractivity contribution in [1.82, 2.24) is 0 Å². The highest BCUT2D eigenvalue weighted by molar-refractivity contribution is 5.28. The summed E-state index contributed by atoms with van der Waals surface area (Å²) >= 11 is 0. The Morgan fingerprint density at radius 2 is 1.54 bits per heavy atom. The van der Waals surface area contributed by atoms with Gasteiger partial charge in [-0.1, -0.05) is 48.4 Å². The molecule has 1 aromatic rings.